The minimum absolute atomic E-state index is 0.123. The molecule has 0 radical (unpaired) electrons. The van der Waals surface area contributed by atoms with E-state index in [1.165, 1.54) is 6.07 Å². The first-order valence-electron chi connectivity index (χ1n) is 5.60. The van der Waals surface area contributed by atoms with E-state index in [9.17, 15) is 9.18 Å². The van der Waals surface area contributed by atoms with E-state index in [2.05, 4.69) is 10.6 Å². The number of hydrogen-bond donors (Lipinski definition) is 2. The van der Waals surface area contributed by atoms with Crippen molar-refractivity contribution in [1.29, 1.82) is 0 Å². The van der Waals surface area contributed by atoms with Crippen molar-refractivity contribution in [2.45, 2.75) is 13.8 Å². The molecule has 0 aliphatic heterocycles. The summed E-state index contributed by atoms with van der Waals surface area (Å²) in [5, 5.41) is 5.47. The zero-order chi connectivity index (χ0) is 12.7. The highest BCUT2D eigenvalue weighted by molar-refractivity contribution is 5.80. The molecule has 0 fully saturated rings. The Hall–Kier alpha value is -1.78. The van der Waals surface area contributed by atoms with Crippen LogP contribution in [0.2, 0.25) is 0 Å². The summed E-state index contributed by atoms with van der Waals surface area (Å²) >= 11 is 0. The number of amides is 1. The van der Waals surface area contributed by atoms with Crippen LogP contribution in [-0.2, 0) is 4.79 Å². The average molecular weight is 240 g/mol. The highest BCUT2D eigenvalue weighted by Crippen LogP contribution is 2.20. The van der Waals surface area contributed by atoms with Gasteiger partial charge in [-0.05, 0) is 26.0 Å². The lowest BCUT2D eigenvalue weighted by molar-refractivity contribution is -0.119. The standard InChI is InChI=1S/C12H17FN2O2/c1-3-14-12(16)8-15-9-5-6-11(17-4-2)10(13)7-9/h5-7,15H,3-4,8H2,1-2H3,(H,14,16). The molecule has 2 N–H and O–H groups in total. The van der Waals surface area contributed by atoms with Crippen LogP contribution in [0.3, 0.4) is 0 Å². The Morgan fingerprint density at radius 2 is 2.18 bits per heavy atom. The number of carbonyl (C=O) groups excluding carboxylic acids is 1. The molecule has 0 saturated carbocycles. The summed E-state index contributed by atoms with van der Waals surface area (Å²) < 4.78 is 18.5. The Kier molecular flexibility index (Phi) is 5.26. The smallest absolute Gasteiger partial charge is 0.239 e. The van der Waals surface area contributed by atoms with Gasteiger partial charge in [-0.15, -0.1) is 0 Å². The second-order valence-corrected chi connectivity index (χ2v) is 3.39. The van der Waals surface area contributed by atoms with Crippen LogP contribution in [0.15, 0.2) is 18.2 Å². The maximum atomic E-state index is 13.4. The molecule has 1 amide bonds. The van der Waals surface area contributed by atoms with Gasteiger partial charge < -0.3 is 15.4 Å². The molecule has 0 aliphatic rings. The van der Waals surface area contributed by atoms with Crippen LogP contribution < -0.4 is 15.4 Å². The summed E-state index contributed by atoms with van der Waals surface area (Å²) in [6.07, 6.45) is 0. The summed E-state index contributed by atoms with van der Waals surface area (Å²) in [5.41, 5.74) is 0.553. The second-order valence-electron chi connectivity index (χ2n) is 3.39. The van der Waals surface area contributed by atoms with Crippen molar-refractivity contribution in [3.8, 4) is 5.75 Å². The fourth-order valence-electron chi connectivity index (χ4n) is 1.33. The van der Waals surface area contributed by atoms with Gasteiger partial charge in [0.1, 0.15) is 0 Å². The molecule has 1 aromatic carbocycles. The molecule has 94 valence electrons. The van der Waals surface area contributed by atoms with Crippen LogP contribution >= 0.6 is 0 Å². The molecule has 0 unspecified atom stereocenters. The van der Waals surface area contributed by atoms with Crippen molar-refractivity contribution in [1.82, 2.24) is 5.32 Å². The summed E-state index contributed by atoms with van der Waals surface area (Å²) in [7, 11) is 0. The van der Waals surface area contributed by atoms with Crippen molar-refractivity contribution in [2.24, 2.45) is 0 Å². The number of likely N-dealkylation sites (N-methyl/N-ethyl adjacent to an activating group) is 1. The summed E-state index contributed by atoms with van der Waals surface area (Å²) in [6, 6.07) is 4.52. The summed E-state index contributed by atoms with van der Waals surface area (Å²) in [5.74, 6) is -0.342. The zero-order valence-electron chi connectivity index (χ0n) is 10.0. The third-order valence-electron chi connectivity index (χ3n) is 2.06. The molecule has 5 heteroatoms. The van der Waals surface area contributed by atoms with Crippen LogP contribution in [0.5, 0.6) is 5.75 Å². The average Bonchev–Trinajstić information content (AvgIpc) is 2.30. The van der Waals surface area contributed by atoms with Crippen LogP contribution in [0.4, 0.5) is 10.1 Å². The molecule has 4 nitrogen and oxygen atoms in total. The lowest BCUT2D eigenvalue weighted by atomic mass is 10.3. The first kappa shape index (κ1) is 13.3. The first-order chi connectivity index (χ1) is 8.17. The molecule has 0 spiro atoms. The van der Waals surface area contributed by atoms with Crippen LogP contribution in [-0.4, -0.2) is 25.6 Å². The van der Waals surface area contributed by atoms with E-state index in [0.29, 0.717) is 18.8 Å². The van der Waals surface area contributed by atoms with Crippen molar-refractivity contribution in [3.05, 3.63) is 24.0 Å². The number of halogens is 1. The number of anilines is 1. The monoisotopic (exact) mass is 240 g/mol. The van der Waals surface area contributed by atoms with E-state index in [4.69, 9.17) is 4.74 Å². The molecule has 0 atom stereocenters. The predicted molar refractivity (Wildman–Crippen MR) is 64.7 cm³/mol. The van der Waals surface area contributed by atoms with E-state index in [-0.39, 0.29) is 18.2 Å². The van der Waals surface area contributed by atoms with Gasteiger partial charge in [-0.3, -0.25) is 4.79 Å². The van der Waals surface area contributed by atoms with Crippen LogP contribution in [0.25, 0.3) is 0 Å². The van der Waals surface area contributed by atoms with Gasteiger partial charge in [0, 0.05) is 18.3 Å². The van der Waals surface area contributed by atoms with Crippen molar-refractivity contribution >= 4 is 11.6 Å². The SMILES string of the molecule is CCNC(=O)CNc1ccc(OCC)c(F)c1. The highest BCUT2D eigenvalue weighted by Gasteiger charge is 2.05. The molecule has 1 rings (SSSR count). The van der Waals surface area contributed by atoms with Crippen molar-refractivity contribution < 1.29 is 13.9 Å². The molecule has 0 aromatic heterocycles. The van der Waals surface area contributed by atoms with Gasteiger partial charge in [-0.25, -0.2) is 4.39 Å². The second kappa shape index (κ2) is 6.73. The van der Waals surface area contributed by atoms with E-state index in [1.54, 1.807) is 19.1 Å². The Labute approximate surface area is 100 Å². The summed E-state index contributed by atoms with van der Waals surface area (Å²) in [4.78, 5) is 11.2. The number of carbonyl (C=O) groups is 1. The lowest BCUT2D eigenvalue weighted by Gasteiger charge is -2.09. The number of hydrogen-bond acceptors (Lipinski definition) is 3. The molecule has 17 heavy (non-hydrogen) atoms. The van der Waals surface area contributed by atoms with Crippen molar-refractivity contribution in [2.75, 3.05) is 25.0 Å². The topological polar surface area (TPSA) is 50.4 Å². The molecular formula is C12H17FN2O2. The van der Waals surface area contributed by atoms with E-state index in [0.717, 1.165) is 0 Å². The van der Waals surface area contributed by atoms with Gasteiger partial charge >= 0.3 is 0 Å². The fourth-order valence-corrected chi connectivity index (χ4v) is 1.33. The van der Waals surface area contributed by atoms with E-state index < -0.39 is 5.82 Å². The third-order valence-corrected chi connectivity index (χ3v) is 2.06. The van der Waals surface area contributed by atoms with Crippen LogP contribution in [0, 0.1) is 5.82 Å². The molecule has 0 saturated heterocycles. The number of ether oxygens (including phenoxy) is 1. The number of rotatable bonds is 6. The number of nitrogens with one attached hydrogen (secondary N) is 2. The molecule has 0 aliphatic carbocycles. The number of benzene rings is 1. The van der Waals surface area contributed by atoms with Gasteiger partial charge in [0.25, 0.3) is 0 Å². The molecular weight excluding hydrogens is 223 g/mol. The largest absolute Gasteiger partial charge is 0.491 e. The van der Waals surface area contributed by atoms with Gasteiger partial charge in [-0.1, -0.05) is 0 Å². The van der Waals surface area contributed by atoms with E-state index >= 15 is 0 Å². The molecule has 0 heterocycles. The first-order valence-corrected chi connectivity index (χ1v) is 5.60. The quantitative estimate of drug-likeness (QED) is 0.796. The van der Waals surface area contributed by atoms with Crippen LogP contribution in [0.1, 0.15) is 13.8 Å². The fraction of sp³-hybridized carbons (Fsp3) is 0.417. The highest BCUT2D eigenvalue weighted by atomic mass is 19.1. The predicted octanol–water partition coefficient (Wildman–Crippen LogP) is 1.77. The lowest BCUT2D eigenvalue weighted by Crippen LogP contribution is -2.29. The Morgan fingerprint density at radius 1 is 1.41 bits per heavy atom. The van der Waals surface area contributed by atoms with Gasteiger partial charge in [0.15, 0.2) is 11.6 Å². The summed E-state index contributed by atoms with van der Waals surface area (Å²) in [6.45, 7) is 4.76. The zero-order valence-corrected chi connectivity index (χ0v) is 10.0. The van der Waals surface area contributed by atoms with Gasteiger partial charge in [0.2, 0.25) is 5.91 Å². The minimum Gasteiger partial charge on any atom is -0.491 e. The minimum atomic E-state index is -0.437. The van der Waals surface area contributed by atoms with E-state index in [1.807, 2.05) is 6.92 Å². The Balaban J connectivity index is 2.55. The Morgan fingerprint density at radius 3 is 2.76 bits per heavy atom. The third kappa shape index (κ3) is 4.30. The van der Waals surface area contributed by atoms with Crippen molar-refractivity contribution in [3.63, 3.8) is 0 Å². The maximum Gasteiger partial charge on any atom is 0.239 e. The normalized spacial score (nSPS) is 9.82. The maximum absolute atomic E-state index is 13.4. The Bertz CT molecular complexity index is 383. The van der Waals surface area contributed by atoms with Gasteiger partial charge in [0.05, 0.1) is 13.2 Å². The molecule has 1 aromatic rings. The van der Waals surface area contributed by atoms with Gasteiger partial charge in [-0.2, -0.15) is 0 Å². The molecule has 0 bridgehead atoms.